The van der Waals surface area contributed by atoms with Gasteiger partial charge in [0.1, 0.15) is 11.5 Å². The van der Waals surface area contributed by atoms with Gasteiger partial charge in [0.05, 0.1) is 18.4 Å². The van der Waals surface area contributed by atoms with E-state index in [1.807, 2.05) is 0 Å². The van der Waals surface area contributed by atoms with Crippen LogP contribution in [0.5, 0.6) is 11.5 Å². The summed E-state index contributed by atoms with van der Waals surface area (Å²) in [5.41, 5.74) is 0.363. The van der Waals surface area contributed by atoms with Crippen molar-refractivity contribution in [2.24, 2.45) is 0 Å². The lowest BCUT2D eigenvalue weighted by atomic mass is 10.2. The summed E-state index contributed by atoms with van der Waals surface area (Å²) in [5, 5.41) is 5.31. The third-order valence-corrected chi connectivity index (χ3v) is 3.42. The topological polar surface area (TPSA) is 59.6 Å². The monoisotopic (exact) mass is 386 g/mol. The molecule has 0 aliphatic heterocycles. The van der Waals surface area contributed by atoms with E-state index in [2.05, 4.69) is 15.4 Å². The number of hydrogen-bond acceptors (Lipinski definition) is 4. The second-order valence-electron chi connectivity index (χ2n) is 4.63. The maximum atomic E-state index is 12.4. The Morgan fingerprint density at radius 2 is 1.92 bits per heavy atom. The van der Waals surface area contributed by atoms with Crippen molar-refractivity contribution >= 4 is 40.5 Å². The Balaban J connectivity index is 2.11. The average molecular weight is 387 g/mol. The standard InChI is InChI=1S/C16H13ClF2N2O3S/c1-23-12-7-6-9(17)8-10(12)14(22)21-16(25)20-11-4-2-3-5-13(11)24-15(18)19/h2-8,15H,1H3,(H2,20,21,22,25). The van der Waals surface area contributed by atoms with Crippen LogP contribution in [0.25, 0.3) is 0 Å². The highest BCUT2D eigenvalue weighted by molar-refractivity contribution is 7.80. The zero-order chi connectivity index (χ0) is 18.4. The van der Waals surface area contributed by atoms with Gasteiger partial charge >= 0.3 is 6.61 Å². The molecular formula is C16H13ClF2N2O3S. The second-order valence-corrected chi connectivity index (χ2v) is 5.47. The molecule has 9 heteroatoms. The molecular weight excluding hydrogens is 374 g/mol. The van der Waals surface area contributed by atoms with Crippen molar-refractivity contribution in [2.45, 2.75) is 6.61 Å². The molecule has 0 fully saturated rings. The van der Waals surface area contributed by atoms with Crippen molar-refractivity contribution in [2.75, 3.05) is 12.4 Å². The van der Waals surface area contributed by atoms with E-state index in [1.165, 1.54) is 31.4 Å². The minimum absolute atomic E-state index is 0.0997. The molecule has 0 unspecified atom stereocenters. The van der Waals surface area contributed by atoms with Crippen molar-refractivity contribution in [3.63, 3.8) is 0 Å². The number of alkyl halides is 2. The summed E-state index contributed by atoms with van der Waals surface area (Å²) in [5.74, 6) is -0.357. The quantitative estimate of drug-likeness (QED) is 0.758. The van der Waals surface area contributed by atoms with Crippen LogP contribution in [0, 0.1) is 0 Å². The molecule has 0 aliphatic carbocycles. The maximum absolute atomic E-state index is 12.4. The number of para-hydroxylation sites is 2. The number of halogens is 3. The Hall–Kier alpha value is -2.45. The average Bonchev–Trinajstić information content (AvgIpc) is 2.56. The largest absolute Gasteiger partial charge is 0.496 e. The van der Waals surface area contributed by atoms with Crippen LogP contribution < -0.4 is 20.1 Å². The van der Waals surface area contributed by atoms with Gasteiger partial charge in [-0.3, -0.25) is 10.1 Å². The van der Waals surface area contributed by atoms with Crippen LogP contribution in [0.2, 0.25) is 5.02 Å². The van der Waals surface area contributed by atoms with Gasteiger partial charge in [0, 0.05) is 5.02 Å². The first-order valence-electron chi connectivity index (χ1n) is 6.90. The van der Waals surface area contributed by atoms with E-state index < -0.39 is 12.5 Å². The molecule has 0 saturated carbocycles. The fourth-order valence-electron chi connectivity index (χ4n) is 1.95. The van der Waals surface area contributed by atoms with Crippen LogP contribution in [0.3, 0.4) is 0 Å². The van der Waals surface area contributed by atoms with E-state index in [0.717, 1.165) is 0 Å². The SMILES string of the molecule is COc1ccc(Cl)cc1C(=O)NC(=S)Nc1ccccc1OC(F)F. The molecule has 1 amide bonds. The Morgan fingerprint density at radius 3 is 2.60 bits per heavy atom. The summed E-state index contributed by atoms with van der Waals surface area (Å²) in [6.45, 7) is -2.98. The fourth-order valence-corrected chi connectivity index (χ4v) is 2.33. The van der Waals surface area contributed by atoms with Gasteiger partial charge < -0.3 is 14.8 Å². The summed E-state index contributed by atoms with van der Waals surface area (Å²) < 4.78 is 34.3. The normalized spacial score (nSPS) is 10.3. The molecule has 0 atom stereocenters. The highest BCUT2D eigenvalue weighted by atomic mass is 35.5. The van der Waals surface area contributed by atoms with Crippen LogP contribution in [0.1, 0.15) is 10.4 Å². The molecule has 2 aromatic carbocycles. The highest BCUT2D eigenvalue weighted by Gasteiger charge is 2.16. The molecule has 2 rings (SSSR count). The second kappa shape index (κ2) is 8.59. The van der Waals surface area contributed by atoms with Gasteiger partial charge in [0.2, 0.25) is 0 Å². The highest BCUT2D eigenvalue weighted by Crippen LogP contribution is 2.26. The van der Waals surface area contributed by atoms with Crippen molar-refractivity contribution in [3.05, 3.63) is 53.1 Å². The Morgan fingerprint density at radius 1 is 1.20 bits per heavy atom. The van der Waals surface area contributed by atoms with E-state index in [1.54, 1.807) is 18.2 Å². The van der Waals surface area contributed by atoms with E-state index in [-0.39, 0.29) is 22.1 Å². The van der Waals surface area contributed by atoms with Crippen LogP contribution >= 0.6 is 23.8 Å². The van der Waals surface area contributed by atoms with E-state index in [0.29, 0.717) is 10.8 Å². The van der Waals surface area contributed by atoms with E-state index >= 15 is 0 Å². The number of amides is 1. The maximum Gasteiger partial charge on any atom is 0.387 e. The number of ether oxygens (including phenoxy) is 2. The van der Waals surface area contributed by atoms with Gasteiger partial charge in [-0.05, 0) is 42.5 Å². The lowest BCUT2D eigenvalue weighted by Crippen LogP contribution is -2.34. The number of methoxy groups -OCH3 is 1. The predicted molar refractivity (Wildman–Crippen MR) is 94.8 cm³/mol. The van der Waals surface area contributed by atoms with Crippen molar-refractivity contribution < 1.29 is 23.0 Å². The molecule has 0 saturated heterocycles. The van der Waals surface area contributed by atoms with Gasteiger partial charge in [-0.1, -0.05) is 23.7 Å². The number of thiocarbonyl (C=S) groups is 1. The van der Waals surface area contributed by atoms with Crippen molar-refractivity contribution in [1.29, 1.82) is 0 Å². The summed E-state index contributed by atoms with van der Waals surface area (Å²) in [6.07, 6.45) is 0. The lowest BCUT2D eigenvalue weighted by molar-refractivity contribution is -0.0493. The van der Waals surface area contributed by atoms with Crippen LogP contribution in [0.4, 0.5) is 14.5 Å². The van der Waals surface area contributed by atoms with Gasteiger partial charge in [-0.25, -0.2) is 0 Å². The molecule has 0 radical (unpaired) electrons. The van der Waals surface area contributed by atoms with Crippen molar-refractivity contribution in [3.8, 4) is 11.5 Å². The Bertz CT molecular complexity index is 790. The Kier molecular flexibility index (Phi) is 6.49. The number of benzene rings is 2. The minimum atomic E-state index is -2.98. The zero-order valence-corrected chi connectivity index (χ0v) is 14.5. The summed E-state index contributed by atoms with van der Waals surface area (Å²) in [4.78, 5) is 12.3. The number of carbonyl (C=O) groups is 1. The zero-order valence-electron chi connectivity index (χ0n) is 12.9. The predicted octanol–water partition coefficient (Wildman–Crippen LogP) is 4.08. The van der Waals surface area contributed by atoms with E-state index in [4.69, 9.17) is 28.6 Å². The molecule has 2 aromatic rings. The Labute approximate surface area is 152 Å². The number of rotatable bonds is 5. The fraction of sp³-hybridized carbons (Fsp3) is 0.125. The van der Waals surface area contributed by atoms with Crippen LogP contribution in [-0.4, -0.2) is 24.7 Å². The molecule has 0 aliphatic rings. The number of hydrogen-bond donors (Lipinski definition) is 2. The summed E-state index contributed by atoms with van der Waals surface area (Å²) in [6, 6.07) is 10.5. The molecule has 5 nitrogen and oxygen atoms in total. The molecule has 25 heavy (non-hydrogen) atoms. The van der Waals surface area contributed by atoms with Crippen LogP contribution in [-0.2, 0) is 0 Å². The van der Waals surface area contributed by atoms with Gasteiger partial charge in [0.25, 0.3) is 5.91 Å². The van der Waals surface area contributed by atoms with Crippen molar-refractivity contribution in [1.82, 2.24) is 5.32 Å². The third kappa shape index (κ3) is 5.27. The van der Waals surface area contributed by atoms with Gasteiger partial charge in [-0.15, -0.1) is 0 Å². The molecule has 0 heterocycles. The minimum Gasteiger partial charge on any atom is -0.496 e. The number of nitrogens with one attached hydrogen (secondary N) is 2. The first kappa shape index (κ1) is 18.9. The molecule has 2 N–H and O–H groups in total. The number of anilines is 1. The lowest BCUT2D eigenvalue weighted by Gasteiger charge is -2.14. The van der Waals surface area contributed by atoms with Gasteiger partial charge in [0.15, 0.2) is 5.11 Å². The summed E-state index contributed by atoms with van der Waals surface area (Å²) >= 11 is 10.9. The van der Waals surface area contributed by atoms with Crippen LogP contribution in [0.15, 0.2) is 42.5 Å². The summed E-state index contributed by atoms with van der Waals surface area (Å²) in [7, 11) is 1.41. The molecule has 0 bridgehead atoms. The third-order valence-electron chi connectivity index (χ3n) is 2.98. The smallest absolute Gasteiger partial charge is 0.387 e. The number of carbonyl (C=O) groups excluding carboxylic acids is 1. The first-order chi connectivity index (χ1) is 11.9. The van der Waals surface area contributed by atoms with E-state index in [9.17, 15) is 13.6 Å². The molecule has 0 spiro atoms. The molecule has 132 valence electrons. The molecule has 0 aromatic heterocycles. The van der Waals surface area contributed by atoms with Gasteiger partial charge in [-0.2, -0.15) is 8.78 Å². The first-order valence-corrected chi connectivity index (χ1v) is 7.69.